The van der Waals surface area contributed by atoms with Crippen LogP contribution in [0.25, 0.3) is 6.08 Å². The van der Waals surface area contributed by atoms with Crippen molar-refractivity contribution in [3.63, 3.8) is 0 Å². The fourth-order valence-corrected chi connectivity index (χ4v) is 1.15. The van der Waals surface area contributed by atoms with Crippen molar-refractivity contribution in [3.05, 3.63) is 39.7 Å². The zero-order valence-electron chi connectivity index (χ0n) is 8.61. The topological polar surface area (TPSA) is 75.4 Å². The van der Waals surface area contributed by atoms with E-state index in [0.29, 0.717) is 12.1 Å². The molecular weight excluding hydrogens is 215 g/mol. The Morgan fingerprint density at radius 1 is 1.62 bits per heavy atom. The third-order valence-corrected chi connectivity index (χ3v) is 1.89. The number of nitrogens with one attached hydrogen (secondary N) is 1. The summed E-state index contributed by atoms with van der Waals surface area (Å²) in [7, 11) is 1.74. The highest BCUT2D eigenvalue weighted by molar-refractivity contribution is 5.59. The molecule has 0 heterocycles. The number of rotatable bonds is 4. The lowest BCUT2D eigenvalue weighted by Crippen LogP contribution is -2.03. The van der Waals surface area contributed by atoms with E-state index in [0.717, 1.165) is 12.1 Å². The van der Waals surface area contributed by atoms with Crippen LogP contribution in [0.1, 0.15) is 5.56 Å². The third-order valence-electron chi connectivity index (χ3n) is 1.89. The van der Waals surface area contributed by atoms with Crippen LogP contribution in [0.3, 0.4) is 0 Å². The highest BCUT2D eigenvalue weighted by Gasteiger charge is 2.18. The Balaban J connectivity index is 3.09. The molecule has 0 saturated carbocycles. The fraction of sp³-hybridized carbons (Fsp3) is 0.200. The third kappa shape index (κ3) is 2.77. The molecule has 0 aliphatic heterocycles. The van der Waals surface area contributed by atoms with Gasteiger partial charge in [0.1, 0.15) is 0 Å². The van der Waals surface area contributed by atoms with E-state index in [4.69, 9.17) is 5.11 Å². The second kappa shape index (κ2) is 5.22. The number of aromatic hydroxyl groups is 1. The highest BCUT2D eigenvalue weighted by Crippen LogP contribution is 2.30. The zero-order valence-corrected chi connectivity index (χ0v) is 8.61. The average Bonchev–Trinajstić information content (AvgIpc) is 2.23. The van der Waals surface area contributed by atoms with E-state index < -0.39 is 22.2 Å². The normalized spacial score (nSPS) is 10.9. The van der Waals surface area contributed by atoms with Gasteiger partial charge in [-0.25, -0.2) is 4.39 Å². The summed E-state index contributed by atoms with van der Waals surface area (Å²) in [5, 5.41) is 22.4. The van der Waals surface area contributed by atoms with Gasteiger partial charge in [-0.15, -0.1) is 0 Å². The molecule has 0 amide bonds. The molecule has 0 aromatic heterocycles. The van der Waals surface area contributed by atoms with Gasteiger partial charge in [0.25, 0.3) is 0 Å². The molecule has 0 aliphatic rings. The molecule has 0 radical (unpaired) electrons. The number of likely N-dealkylation sites (N-methyl/N-ethyl adjacent to an activating group) is 1. The van der Waals surface area contributed by atoms with Crippen molar-refractivity contribution in [2.24, 2.45) is 0 Å². The van der Waals surface area contributed by atoms with Gasteiger partial charge in [-0.3, -0.25) is 10.1 Å². The molecule has 6 heteroatoms. The number of nitro benzene ring substituents is 1. The van der Waals surface area contributed by atoms with Crippen molar-refractivity contribution in [1.82, 2.24) is 5.32 Å². The summed E-state index contributed by atoms with van der Waals surface area (Å²) in [6.07, 6.45) is 3.22. The van der Waals surface area contributed by atoms with E-state index in [1.165, 1.54) is 6.08 Å². The maximum Gasteiger partial charge on any atom is 0.314 e. The summed E-state index contributed by atoms with van der Waals surface area (Å²) in [5.74, 6) is -1.94. The van der Waals surface area contributed by atoms with Gasteiger partial charge in [0.05, 0.1) is 4.92 Å². The summed E-state index contributed by atoms with van der Waals surface area (Å²) in [4.78, 5) is 9.67. The molecule has 1 rings (SSSR count). The maximum atomic E-state index is 13.1. The van der Waals surface area contributed by atoms with E-state index in [-0.39, 0.29) is 0 Å². The van der Waals surface area contributed by atoms with Crippen LogP contribution in [0.4, 0.5) is 10.1 Å². The number of hydrogen-bond acceptors (Lipinski definition) is 4. The molecule has 0 spiro atoms. The molecule has 0 aliphatic carbocycles. The molecular formula is C10H11FN2O3. The van der Waals surface area contributed by atoms with Crippen LogP contribution in [0.15, 0.2) is 18.2 Å². The lowest BCUT2D eigenvalue weighted by Gasteiger charge is -1.99. The van der Waals surface area contributed by atoms with Crippen LogP contribution in [0.5, 0.6) is 5.75 Å². The SMILES string of the molecule is CNCC=Cc1cc(F)c(O)c([N+](=O)[O-])c1. The minimum atomic E-state index is -1.00. The first-order valence-electron chi connectivity index (χ1n) is 4.54. The second-order valence-corrected chi connectivity index (χ2v) is 3.09. The summed E-state index contributed by atoms with van der Waals surface area (Å²) >= 11 is 0. The van der Waals surface area contributed by atoms with Crippen molar-refractivity contribution >= 4 is 11.8 Å². The monoisotopic (exact) mass is 226 g/mol. The Labute approximate surface area is 91.4 Å². The Hall–Kier alpha value is -1.95. The fourth-order valence-electron chi connectivity index (χ4n) is 1.15. The molecule has 16 heavy (non-hydrogen) atoms. The number of phenolic OH excluding ortho intramolecular Hbond substituents is 1. The Morgan fingerprint density at radius 3 is 2.88 bits per heavy atom. The zero-order chi connectivity index (χ0) is 12.1. The molecule has 1 aromatic carbocycles. The van der Waals surface area contributed by atoms with Crippen molar-refractivity contribution in [3.8, 4) is 5.75 Å². The molecule has 86 valence electrons. The van der Waals surface area contributed by atoms with Gasteiger partial charge in [0, 0.05) is 12.6 Å². The van der Waals surface area contributed by atoms with Crippen LogP contribution in [0, 0.1) is 15.9 Å². The second-order valence-electron chi connectivity index (χ2n) is 3.09. The van der Waals surface area contributed by atoms with Crippen LogP contribution < -0.4 is 5.32 Å². The van der Waals surface area contributed by atoms with Gasteiger partial charge in [-0.2, -0.15) is 0 Å². The average molecular weight is 226 g/mol. The summed E-state index contributed by atoms with van der Waals surface area (Å²) in [5.41, 5.74) is -0.304. The lowest BCUT2D eigenvalue weighted by atomic mass is 10.1. The van der Waals surface area contributed by atoms with E-state index >= 15 is 0 Å². The van der Waals surface area contributed by atoms with Gasteiger partial charge in [-0.05, 0) is 18.7 Å². The number of hydrogen-bond donors (Lipinski definition) is 2. The smallest absolute Gasteiger partial charge is 0.314 e. The van der Waals surface area contributed by atoms with E-state index in [2.05, 4.69) is 5.32 Å². The van der Waals surface area contributed by atoms with Gasteiger partial charge in [0.2, 0.25) is 5.75 Å². The lowest BCUT2D eigenvalue weighted by molar-refractivity contribution is -0.386. The minimum Gasteiger partial charge on any atom is -0.500 e. The molecule has 0 fully saturated rings. The van der Waals surface area contributed by atoms with Crippen molar-refractivity contribution in [2.45, 2.75) is 0 Å². The number of benzene rings is 1. The van der Waals surface area contributed by atoms with Gasteiger partial charge in [-0.1, -0.05) is 12.2 Å². The summed E-state index contributed by atoms with van der Waals surface area (Å²) in [6, 6.07) is 2.15. The van der Waals surface area contributed by atoms with Crippen molar-refractivity contribution < 1.29 is 14.4 Å². The Kier molecular flexibility index (Phi) is 3.96. The molecule has 0 saturated heterocycles. The predicted molar refractivity (Wildman–Crippen MR) is 57.7 cm³/mol. The van der Waals surface area contributed by atoms with Crippen LogP contribution >= 0.6 is 0 Å². The molecule has 5 nitrogen and oxygen atoms in total. The van der Waals surface area contributed by atoms with E-state index in [1.807, 2.05) is 0 Å². The van der Waals surface area contributed by atoms with Crippen LogP contribution in [-0.2, 0) is 0 Å². The quantitative estimate of drug-likeness (QED) is 0.605. The Bertz CT molecular complexity index is 432. The maximum absolute atomic E-state index is 13.1. The molecule has 0 unspecified atom stereocenters. The highest BCUT2D eigenvalue weighted by atomic mass is 19.1. The molecule has 1 aromatic rings. The molecule has 2 N–H and O–H groups in total. The van der Waals surface area contributed by atoms with Crippen molar-refractivity contribution in [2.75, 3.05) is 13.6 Å². The van der Waals surface area contributed by atoms with Gasteiger partial charge >= 0.3 is 5.69 Å². The van der Waals surface area contributed by atoms with Crippen LogP contribution in [0.2, 0.25) is 0 Å². The standard InChI is InChI=1S/C10H11FN2O3/c1-12-4-2-3-7-5-8(11)10(14)9(6-7)13(15)16/h2-3,5-6,12,14H,4H2,1H3. The molecule has 0 bridgehead atoms. The first-order chi connectivity index (χ1) is 7.56. The number of halogens is 1. The largest absolute Gasteiger partial charge is 0.500 e. The van der Waals surface area contributed by atoms with Crippen molar-refractivity contribution in [1.29, 1.82) is 0 Å². The van der Waals surface area contributed by atoms with E-state index in [9.17, 15) is 14.5 Å². The number of nitrogens with zero attached hydrogens (tertiary/aromatic N) is 1. The summed E-state index contributed by atoms with van der Waals surface area (Å²) < 4.78 is 13.1. The number of nitro groups is 1. The first kappa shape index (κ1) is 12.1. The molecule has 0 atom stereocenters. The van der Waals surface area contributed by atoms with Crippen LogP contribution in [-0.4, -0.2) is 23.6 Å². The number of phenols is 1. The predicted octanol–water partition coefficient (Wildman–Crippen LogP) is 1.67. The summed E-state index contributed by atoms with van der Waals surface area (Å²) in [6.45, 7) is 0.566. The van der Waals surface area contributed by atoms with Gasteiger partial charge < -0.3 is 10.4 Å². The Morgan fingerprint density at radius 2 is 2.31 bits per heavy atom. The van der Waals surface area contributed by atoms with E-state index in [1.54, 1.807) is 13.1 Å². The first-order valence-corrected chi connectivity index (χ1v) is 4.54. The van der Waals surface area contributed by atoms with Gasteiger partial charge in [0.15, 0.2) is 5.82 Å². The minimum absolute atomic E-state index is 0.331.